The topological polar surface area (TPSA) is 119 Å². The minimum atomic E-state index is -1.60. The van der Waals surface area contributed by atoms with Crippen LogP contribution in [0.4, 0.5) is 0 Å². The summed E-state index contributed by atoms with van der Waals surface area (Å²) < 4.78 is 21.3. The number of hydrogen-bond acceptors (Lipinski definition) is 8. The number of fused-ring (bicyclic) bond motifs is 2. The number of aromatic carboxylic acids is 1. The molecule has 10 heteroatoms. The molecule has 0 radical (unpaired) electrons. The van der Waals surface area contributed by atoms with Crippen molar-refractivity contribution in [2.45, 2.75) is 0 Å². The SMILES string of the molecule is O=C([O-])c1cc(=O)c2c(OCOc3cccc4o[c-]cc(=O)c34)cccc2o1.[Na+].[Na+]. The molecule has 4 rings (SSSR count). The van der Waals surface area contributed by atoms with Crippen LogP contribution in [0.2, 0.25) is 0 Å². The van der Waals surface area contributed by atoms with Crippen LogP contribution in [0.1, 0.15) is 10.6 Å². The maximum Gasteiger partial charge on any atom is 1.00 e. The van der Waals surface area contributed by atoms with Crippen molar-refractivity contribution in [2.75, 3.05) is 6.79 Å². The van der Waals surface area contributed by atoms with Crippen molar-refractivity contribution in [2.24, 2.45) is 0 Å². The van der Waals surface area contributed by atoms with Crippen LogP contribution < -0.4 is 84.6 Å². The number of benzene rings is 2. The molecule has 2 aromatic heterocycles. The molecule has 0 aliphatic rings. The van der Waals surface area contributed by atoms with Crippen LogP contribution in [0.15, 0.2) is 67.0 Å². The van der Waals surface area contributed by atoms with Gasteiger partial charge < -0.3 is 33.0 Å². The molecule has 2 aromatic carbocycles. The predicted octanol–water partition coefficient (Wildman–Crippen LogP) is -4.51. The monoisotopic (exact) mass is 424 g/mol. The summed E-state index contributed by atoms with van der Waals surface area (Å²) in [5, 5.41) is 11.2. The fraction of sp³-hybridized carbons (Fsp3) is 0.0500. The quantitative estimate of drug-likeness (QED) is 0.179. The summed E-state index contributed by atoms with van der Waals surface area (Å²) in [5.74, 6) is -1.80. The average molecular weight is 424 g/mol. The fourth-order valence-electron chi connectivity index (χ4n) is 2.73. The van der Waals surface area contributed by atoms with Gasteiger partial charge in [-0.15, -0.1) is 0 Å². The van der Waals surface area contributed by atoms with E-state index in [1.165, 1.54) is 18.2 Å². The number of carboxylic acids is 1. The summed E-state index contributed by atoms with van der Waals surface area (Å²) in [5.41, 5.74) is -0.578. The molecule has 0 saturated carbocycles. The molecular formula is C20H10Na2O8. The predicted molar refractivity (Wildman–Crippen MR) is 94.3 cm³/mol. The van der Waals surface area contributed by atoms with Crippen molar-refractivity contribution in [1.82, 2.24) is 0 Å². The Morgan fingerprint density at radius 1 is 0.933 bits per heavy atom. The maximum absolute atomic E-state index is 12.2. The summed E-state index contributed by atoms with van der Waals surface area (Å²) in [6.07, 6.45) is 2.39. The van der Waals surface area contributed by atoms with E-state index in [2.05, 4.69) is 6.26 Å². The van der Waals surface area contributed by atoms with Crippen molar-refractivity contribution < 1.29 is 87.3 Å². The molecule has 0 N–H and O–H groups in total. The smallest absolute Gasteiger partial charge is 0.580 e. The van der Waals surface area contributed by atoms with Gasteiger partial charge in [0.25, 0.3) is 0 Å². The van der Waals surface area contributed by atoms with Gasteiger partial charge in [0.2, 0.25) is 6.79 Å². The van der Waals surface area contributed by atoms with E-state index in [0.29, 0.717) is 5.58 Å². The largest absolute Gasteiger partial charge is 1.00 e. The Bertz CT molecular complexity index is 1320. The summed E-state index contributed by atoms with van der Waals surface area (Å²) >= 11 is 0. The minimum Gasteiger partial charge on any atom is -0.580 e. The van der Waals surface area contributed by atoms with E-state index in [1.807, 2.05) is 0 Å². The van der Waals surface area contributed by atoms with Crippen molar-refractivity contribution in [3.8, 4) is 11.5 Å². The van der Waals surface area contributed by atoms with Gasteiger partial charge >= 0.3 is 59.1 Å². The van der Waals surface area contributed by atoms with Gasteiger partial charge in [-0.05, 0) is 29.8 Å². The van der Waals surface area contributed by atoms with E-state index in [9.17, 15) is 19.5 Å². The van der Waals surface area contributed by atoms with Crippen molar-refractivity contribution >= 4 is 27.9 Å². The third-order valence-corrected chi connectivity index (χ3v) is 3.94. The number of carbonyl (C=O) groups excluding carboxylic acids is 1. The summed E-state index contributed by atoms with van der Waals surface area (Å²) in [6, 6.07) is 11.3. The second-order valence-electron chi connectivity index (χ2n) is 5.66. The van der Waals surface area contributed by atoms with Crippen molar-refractivity contribution in [3.63, 3.8) is 0 Å². The number of hydrogen-bond donors (Lipinski definition) is 0. The third kappa shape index (κ3) is 4.80. The molecule has 0 aliphatic heterocycles. The van der Waals surface area contributed by atoms with Crippen LogP contribution in [0.3, 0.4) is 0 Å². The van der Waals surface area contributed by atoms with Crippen LogP contribution in [0.5, 0.6) is 11.5 Å². The first-order chi connectivity index (χ1) is 13.5. The molecule has 0 fully saturated rings. The molecule has 0 saturated heterocycles. The molecular weight excluding hydrogens is 414 g/mol. The van der Waals surface area contributed by atoms with Crippen molar-refractivity contribution in [3.05, 3.63) is 81.0 Å². The van der Waals surface area contributed by atoms with Crippen LogP contribution in [0.25, 0.3) is 21.9 Å². The van der Waals surface area contributed by atoms with Gasteiger partial charge in [0.05, 0.1) is 5.43 Å². The second kappa shape index (κ2) is 10.3. The van der Waals surface area contributed by atoms with Gasteiger partial charge in [-0.25, -0.2) is 0 Å². The maximum atomic E-state index is 12.2. The zero-order chi connectivity index (χ0) is 19.7. The van der Waals surface area contributed by atoms with E-state index >= 15 is 0 Å². The molecule has 0 bridgehead atoms. The number of carboxylic acid groups (broad SMARTS) is 1. The van der Waals surface area contributed by atoms with E-state index < -0.39 is 17.2 Å². The Morgan fingerprint density at radius 3 is 2.17 bits per heavy atom. The first-order valence-corrected chi connectivity index (χ1v) is 8.01. The first-order valence-electron chi connectivity index (χ1n) is 8.01. The fourth-order valence-corrected chi connectivity index (χ4v) is 2.73. The van der Waals surface area contributed by atoms with Gasteiger partial charge in [-0.2, -0.15) is 0 Å². The Morgan fingerprint density at radius 2 is 1.53 bits per heavy atom. The molecule has 0 spiro atoms. The van der Waals surface area contributed by atoms with E-state index in [1.54, 1.807) is 18.2 Å². The number of ether oxygens (including phenoxy) is 2. The third-order valence-electron chi connectivity index (χ3n) is 3.94. The summed E-state index contributed by atoms with van der Waals surface area (Å²) in [6.45, 7) is -0.321. The van der Waals surface area contributed by atoms with Gasteiger partial charge in [0, 0.05) is 11.6 Å². The van der Waals surface area contributed by atoms with Crippen LogP contribution >= 0.6 is 0 Å². The number of carbonyl (C=O) groups is 1. The Kier molecular flexibility index (Phi) is 8.31. The van der Waals surface area contributed by atoms with Gasteiger partial charge in [0.1, 0.15) is 28.4 Å². The molecule has 8 nitrogen and oxygen atoms in total. The van der Waals surface area contributed by atoms with Gasteiger partial charge in [-0.3, -0.25) is 4.79 Å². The molecule has 4 aromatic rings. The van der Waals surface area contributed by atoms with Crippen LogP contribution in [-0.2, 0) is 0 Å². The summed E-state index contributed by atoms with van der Waals surface area (Å²) in [7, 11) is 0. The second-order valence-corrected chi connectivity index (χ2v) is 5.66. The Labute approximate surface area is 213 Å². The normalized spacial score (nSPS) is 10.1. The molecule has 0 aliphatic carbocycles. The van der Waals surface area contributed by atoms with E-state index in [4.69, 9.17) is 18.3 Å². The zero-order valence-electron chi connectivity index (χ0n) is 16.1. The minimum absolute atomic E-state index is 0. The van der Waals surface area contributed by atoms with E-state index in [-0.39, 0.29) is 99.2 Å². The molecule has 30 heavy (non-hydrogen) atoms. The first kappa shape index (κ1) is 24.2. The Balaban J connectivity index is 0.00000160. The van der Waals surface area contributed by atoms with Crippen LogP contribution in [-0.4, -0.2) is 12.8 Å². The summed E-state index contributed by atoms with van der Waals surface area (Å²) in [4.78, 5) is 35.2. The zero-order valence-corrected chi connectivity index (χ0v) is 20.1. The number of rotatable bonds is 5. The molecule has 0 amide bonds. The Hall–Kier alpha value is -2.07. The van der Waals surface area contributed by atoms with E-state index in [0.717, 1.165) is 12.1 Å². The molecule has 140 valence electrons. The van der Waals surface area contributed by atoms with Crippen LogP contribution in [0, 0.1) is 6.26 Å². The van der Waals surface area contributed by atoms with Gasteiger partial charge in [0.15, 0.2) is 11.2 Å². The van der Waals surface area contributed by atoms with Gasteiger partial charge in [-0.1, -0.05) is 24.3 Å². The molecule has 0 atom stereocenters. The molecule has 0 unspecified atom stereocenters. The standard InChI is InChI=1S/C20H11O8.2Na/c21-11-7-8-25-13-3-1-4-14(18(11)13)26-10-27-15-5-2-6-16-19(15)12(22)9-17(28-16)20(23)24;;/h1-7,9H,10H2,(H,23,24);;/q-1;2*+1/p-1. The molecule has 2 heterocycles. The van der Waals surface area contributed by atoms with Crippen molar-refractivity contribution in [1.29, 1.82) is 0 Å². The average Bonchev–Trinajstić information content (AvgIpc) is 2.68.